The lowest BCUT2D eigenvalue weighted by Gasteiger charge is -2.10. The predicted molar refractivity (Wildman–Crippen MR) is 135 cm³/mol. The molecule has 6 rings (SSSR count). The zero-order chi connectivity index (χ0) is 23.1. The summed E-state index contributed by atoms with van der Waals surface area (Å²) in [6.45, 7) is 0.548. The molecule has 0 unspecified atom stereocenters. The summed E-state index contributed by atoms with van der Waals surface area (Å²) in [5.41, 5.74) is 5.49. The number of hydrogen-bond donors (Lipinski definition) is 2. The van der Waals surface area contributed by atoms with Gasteiger partial charge in [-0.1, -0.05) is 29.3 Å². The Hall–Kier alpha value is -3.81. The van der Waals surface area contributed by atoms with Crippen molar-refractivity contribution in [2.75, 3.05) is 5.32 Å². The Morgan fingerprint density at radius 1 is 0.794 bits per heavy atom. The summed E-state index contributed by atoms with van der Waals surface area (Å²) < 4.78 is 0. The van der Waals surface area contributed by atoms with Crippen LogP contribution in [0.2, 0.25) is 10.0 Å². The Balaban J connectivity index is 1.28. The fraction of sp³-hybridized carbons (Fsp3) is 0.0800. The average molecular weight is 486 g/mol. The van der Waals surface area contributed by atoms with E-state index >= 15 is 0 Å². The number of anilines is 1. The molecule has 0 spiro atoms. The van der Waals surface area contributed by atoms with Crippen LogP contribution in [0, 0.1) is 0 Å². The molecule has 0 aliphatic heterocycles. The van der Waals surface area contributed by atoms with E-state index < -0.39 is 0 Å². The third-order valence-electron chi connectivity index (χ3n) is 5.67. The molecule has 2 N–H and O–H groups in total. The first-order valence-corrected chi connectivity index (χ1v) is 11.4. The lowest BCUT2D eigenvalue weighted by atomic mass is 10.1. The number of nitrogens with one attached hydrogen (secondary N) is 2. The zero-order valence-corrected chi connectivity index (χ0v) is 19.3. The van der Waals surface area contributed by atoms with Gasteiger partial charge in [0.25, 0.3) is 0 Å². The van der Waals surface area contributed by atoms with Crippen LogP contribution in [0.15, 0.2) is 67.5 Å². The van der Waals surface area contributed by atoms with Gasteiger partial charge in [-0.15, -0.1) is 0 Å². The minimum absolute atomic E-state index is 0.548. The Bertz CT molecular complexity index is 1680. The number of H-pyrrole nitrogens is 1. The molecule has 0 atom stereocenters. The predicted octanol–water partition coefficient (Wildman–Crippen LogP) is 5.96. The molecule has 9 heteroatoms. The van der Waals surface area contributed by atoms with Crippen LogP contribution < -0.4 is 5.32 Å². The molecule has 0 radical (unpaired) electrons. The van der Waals surface area contributed by atoms with Crippen molar-refractivity contribution in [3.63, 3.8) is 0 Å². The largest absolute Gasteiger partial charge is 0.365 e. The lowest BCUT2D eigenvalue weighted by molar-refractivity contribution is 1.06. The molecule has 0 bridgehead atoms. The molecule has 0 aliphatic rings. The Kier molecular flexibility index (Phi) is 5.20. The summed E-state index contributed by atoms with van der Waals surface area (Å²) in [7, 11) is 0. The van der Waals surface area contributed by atoms with Gasteiger partial charge in [0.1, 0.15) is 17.8 Å². The van der Waals surface area contributed by atoms with E-state index in [-0.39, 0.29) is 0 Å². The molecule has 5 aromatic heterocycles. The van der Waals surface area contributed by atoms with Crippen LogP contribution >= 0.6 is 23.2 Å². The number of fused-ring (bicyclic) bond motifs is 3. The van der Waals surface area contributed by atoms with Crippen molar-refractivity contribution >= 4 is 61.9 Å². The molecule has 166 valence electrons. The standard InChI is InChI=1S/C25H17Cl2N7/c26-17-6-16-3-14(1-2-22(16)29-10-17)4-18-7-20-23(12-28-18)33-13-34-25(20)31-9-15-5-19-21(27)11-32-24(19)30-8-15/h1-3,5-8,10-13H,4,9H2,(H,30,32)(H,31,33,34). The Morgan fingerprint density at radius 2 is 1.74 bits per heavy atom. The molecule has 0 saturated heterocycles. The summed E-state index contributed by atoms with van der Waals surface area (Å²) in [5, 5.41) is 7.49. The minimum Gasteiger partial charge on any atom is -0.365 e. The maximum Gasteiger partial charge on any atom is 0.138 e. The van der Waals surface area contributed by atoms with Gasteiger partial charge < -0.3 is 10.3 Å². The maximum absolute atomic E-state index is 6.23. The van der Waals surface area contributed by atoms with E-state index in [1.54, 1.807) is 18.6 Å². The van der Waals surface area contributed by atoms with Gasteiger partial charge >= 0.3 is 0 Å². The van der Waals surface area contributed by atoms with E-state index in [2.05, 4.69) is 47.4 Å². The van der Waals surface area contributed by atoms with Crippen molar-refractivity contribution in [2.45, 2.75) is 13.0 Å². The van der Waals surface area contributed by atoms with E-state index in [0.717, 1.165) is 55.5 Å². The fourth-order valence-corrected chi connectivity index (χ4v) is 4.38. The quantitative estimate of drug-likeness (QED) is 0.313. The van der Waals surface area contributed by atoms with E-state index in [0.29, 0.717) is 23.0 Å². The number of aromatic nitrogens is 6. The number of halogens is 2. The molecular weight excluding hydrogens is 469 g/mol. The Morgan fingerprint density at radius 3 is 2.68 bits per heavy atom. The third-order valence-corrected chi connectivity index (χ3v) is 6.19. The number of aromatic amines is 1. The number of hydrogen-bond acceptors (Lipinski definition) is 6. The lowest BCUT2D eigenvalue weighted by Crippen LogP contribution is -2.04. The van der Waals surface area contributed by atoms with E-state index in [4.69, 9.17) is 23.2 Å². The van der Waals surface area contributed by atoms with Crippen LogP contribution in [0.1, 0.15) is 16.8 Å². The molecule has 0 saturated carbocycles. The van der Waals surface area contributed by atoms with Crippen LogP contribution in [0.4, 0.5) is 5.82 Å². The number of nitrogens with zero attached hydrogens (tertiary/aromatic N) is 5. The van der Waals surface area contributed by atoms with Gasteiger partial charge in [-0.3, -0.25) is 9.97 Å². The first kappa shape index (κ1) is 20.8. The van der Waals surface area contributed by atoms with Gasteiger partial charge in [-0.2, -0.15) is 0 Å². The van der Waals surface area contributed by atoms with Gasteiger partial charge in [0.2, 0.25) is 0 Å². The van der Waals surface area contributed by atoms with Crippen molar-refractivity contribution in [2.24, 2.45) is 0 Å². The zero-order valence-electron chi connectivity index (χ0n) is 17.8. The number of pyridine rings is 3. The first-order valence-electron chi connectivity index (χ1n) is 10.6. The highest BCUT2D eigenvalue weighted by Crippen LogP contribution is 2.25. The maximum atomic E-state index is 6.23. The third kappa shape index (κ3) is 4.00. The van der Waals surface area contributed by atoms with Crippen LogP contribution in [0.25, 0.3) is 32.8 Å². The summed E-state index contributed by atoms with van der Waals surface area (Å²) in [5.74, 6) is 0.739. The van der Waals surface area contributed by atoms with Crippen molar-refractivity contribution in [1.82, 2.24) is 29.9 Å². The van der Waals surface area contributed by atoms with Gasteiger partial charge in [-0.25, -0.2) is 15.0 Å². The van der Waals surface area contributed by atoms with Crippen molar-refractivity contribution in [3.05, 3.63) is 94.4 Å². The smallest absolute Gasteiger partial charge is 0.138 e. The Labute approximate surface area is 204 Å². The molecule has 0 aliphatic carbocycles. The minimum atomic E-state index is 0.548. The first-order chi connectivity index (χ1) is 16.6. The van der Waals surface area contributed by atoms with E-state index in [1.807, 2.05) is 30.5 Å². The summed E-state index contributed by atoms with van der Waals surface area (Å²) in [4.78, 5) is 25.3. The van der Waals surface area contributed by atoms with E-state index in [9.17, 15) is 0 Å². The van der Waals surface area contributed by atoms with Crippen molar-refractivity contribution in [3.8, 4) is 0 Å². The normalized spacial score (nSPS) is 11.5. The highest BCUT2D eigenvalue weighted by atomic mass is 35.5. The molecular formula is C25H17Cl2N7. The summed E-state index contributed by atoms with van der Waals surface area (Å²) in [6, 6.07) is 12.1. The summed E-state index contributed by atoms with van der Waals surface area (Å²) in [6.07, 6.45) is 9.20. The topological polar surface area (TPSA) is 92.3 Å². The monoisotopic (exact) mass is 485 g/mol. The van der Waals surface area contributed by atoms with Gasteiger partial charge in [0.15, 0.2) is 0 Å². The molecule has 7 nitrogen and oxygen atoms in total. The molecule has 1 aromatic carbocycles. The second kappa shape index (κ2) is 8.52. The summed E-state index contributed by atoms with van der Waals surface area (Å²) >= 11 is 12.3. The van der Waals surface area contributed by atoms with Crippen LogP contribution in [-0.4, -0.2) is 29.9 Å². The van der Waals surface area contributed by atoms with Crippen LogP contribution in [0.5, 0.6) is 0 Å². The van der Waals surface area contributed by atoms with E-state index in [1.165, 1.54) is 6.33 Å². The average Bonchev–Trinajstić information content (AvgIpc) is 3.22. The SMILES string of the molecule is Clc1cnc2ccc(Cc3cc4c(NCc5cnc6[nH]cc(Cl)c6c5)ncnc4cn3)cc2c1. The van der Waals surface area contributed by atoms with Crippen molar-refractivity contribution < 1.29 is 0 Å². The highest BCUT2D eigenvalue weighted by molar-refractivity contribution is 6.35. The van der Waals surface area contributed by atoms with Gasteiger partial charge in [0.05, 0.1) is 27.3 Å². The van der Waals surface area contributed by atoms with Crippen molar-refractivity contribution in [1.29, 1.82) is 0 Å². The highest BCUT2D eigenvalue weighted by Gasteiger charge is 2.09. The number of rotatable bonds is 5. The molecule has 6 aromatic rings. The van der Waals surface area contributed by atoms with Gasteiger partial charge in [-0.05, 0) is 41.5 Å². The fourth-order valence-electron chi connectivity index (χ4n) is 4.01. The molecule has 0 fully saturated rings. The number of benzene rings is 1. The molecule has 0 amide bonds. The molecule has 5 heterocycles. The van der Waals surface area contributed by atoms with Gasteiger partial charge in [0, 0.05) is 53.4 Å². The second-order valence-electron chi connectivity index (χ2n) is 8.00. The van der Waals surface area contributed by atoms with Crippen LogP contribution in [0.3, 0.4) is 0 Å². The van der Waals surface area contributed by atoms with Crippen LogP contribution in [-0.2, 0) is 13.0 Å². The second-order valence-corrected chi connectivity index (χ2v) is 8.85. The molecule has 34 heavy (non-hydrogen) atoms.